The molecule has 1 heterocycles. The van der Waals surface area contributed by atoms with E-state index in [1.807, 2.05) is 12.1 Å². The number of rotatable bonds is 3. The van der Waals surface area contributed by atoms with Crippen molar-refractivity contribution in [1.29, 1.82) is 0 Å². The molecule has 0 radical (unpaired) electrons. The van der Waals surface area contributed by atoms with E-state index in [4.69, 9.17) is 28.9 Å². The molecule has 0 amide bonds. The van der Waals surface area contributed by atoms with Gasteiger partial charge in [0.15, 0.2) is 0 Å². The number of nitrogens with zero attached hydrogens (tertiary/aromatic N) is 1. The van der Waals surface area contributed by atoms with Crippen LogP contribution < -0.4 is 5.73 Å². The summed E-state index contributed by atoms with van der Waals surface area (Å²) >= 11 is 12.1. The van der Waals surface area contributed by atoms with Gasteiger partial charge in [-0.1, -0.05) is 23.2 Å². The SMILES string of the molecule is CC1CCC(CN)CN1Cc1cc(Cl)cc(Cl)c1. The second-order valence-electron chi connectivity index (χ2n) is 5.24. The van der Waals surface area contributed by atoms with Crippen LogP contribution in [0.25, 0.3) is 0 Å². The lowest BCUT2D eigenvalue weighted by Gasteiger charge is -2.37. The fourth-order valence-electron chi connectivity index (χ4n) is 2.61. The van der Waals surface area contributed by atoms with Crippen LogP contribution in [0.5, 0.6) is 0 Å². The number of benzene rings is 1. The highest BCUT2D eigenvalue weighted by Crippen LogP contribution is 2.25. The van der Waals surface area contributed by atoms with Crippen LogP contribution in [0.2, 0.25) is 10.0 Å². The van der Waals surface area contributed by atoms with E-state index in [1.54, 1.807) is 6.07 Å². The Labute approximate surface area is 119 Å². The number of hydrogen-bond acceptors (Lipinski definition) is 2. The van der Waals surface area contributed by atoms with Crippen LogP contribution in [0.3, 0.4) is 0 Å². The minimum absolute atomic E-state index is 0.602. The van der Waals surface area contributed by atoms with E-state index < -0.39 is 0 Å². The summed E-state index contributed by atoms with van der Waals surface area (Å²) < 4.78 is 0. The van der Waals surface area contributed by atoms with Gasteiger partial charge < -0.3 is 5.73 Å². The standard InChI is InChI=1S/C14H20Cl2N2/c1-10-2-3-11(7-17)8-18(10)9-12-4-13(15)6-14(16)5-12/h4-6,10-11H,2-3,7-9,17H2,1H3. The van der Waals surface area contributed by atoms with Gasteiger partial charge in [-0.15, -0.1) is 0 Å². The second-order valence-corrected chi connectivity index (χ2v) is 6.11. The first-order chi connectivity index (χ1) is 8.58. The Morgan fingerprint density at radius 3 is 2.50 bits per heavy atom. The summed E-state index contributed by atoms with van der Waals surface area (Å²) in [5.74, 6) is 0.621. The maximum Gasteiger partial charge on any atom is 0.0424 e. The van der Waals surface area contributed by atoms with Crippen molar-refractivity contribution >= 4 is 23.2 Å². The molecule has 0 saturated carbocycles. The first kappa shape index (κ1) is 14.1. The molecular formula is C14H20Cl2N2. The molecule has 100 valence electrons. The zero-order valence-corrected chi connectivity index (χ0v) is 12.2. The van der Waals surface area contributed by atoms with Crippen LogP contribution in [-0.2, 0) is 6.54 Å². The summed E-state index contributed by atoms with van der Waals surface area (Å²) in [6.45, 7) is 5.03. The van der Waals surface area contributed by atoms with Crippen molar-refractivity contribution in [3.63, 3.8) is 0 Å². The number of piperidine rings is 1. The van der Waals surface area contributed by atoms with E-state index in [-0.39, 0.29) is 0 Å². The van der Waals surface area contributed by atoms with Gasteiger partial charge in [-0.3, -0.25) is 4.90 Å². The Bertz CT molecular complexity index is 389. The molecule has 4 heteroatoms. The lowest BCUT2D eigenvalue weighted by Crippen LogP contribution is -2.43. The minimum atomic E-state index is 0.602. The first-order valence-corrected chi connectivity index (χ1v) is 7.23. The fourth-order valence-corrected chi connectivity index (χ4v) is 3.18. The monoisotopic (exact) mass is 286 g/mol. The molecular weight excluding hydrogens is 267 g/mol. The van der Waals surface area contributed by atoms with Crippen molar-refractivity contribution in [2.24, 2.45) is 11.7 Å². The predicted molar refractivity (Wildman–Crippen MR) is 78.1 cm³/mol. The maximum atomic E-state index is 6.04. The molecule has 1 aliphatic heterocycles. The molecule has 1 aromatic rings. The Kier molecular flexibility index (Phi) is 4.91. The zero-order valence-electron chi connectivity index (χ0n) is 10.7. The quantitative estimate of drug-likeness (QED) is 0.921. The van der Waals surface area contributed by atoms with E-state index in [1.165, 1.54) is 18.4 Å². The van der Waals surface area contributed by atoms with Crippen LogP contribution in [-0.4, -0.2) is 24.0 Å². The van der Waals surface area contributed by atoms with Crippen LogP contribution in [0.4, 0.5) is 0 Å². The number of halogens is 2. The summed E-state index contributed by atoms with van der Waals surface area (Å²) in [5.41, 5.74) is 6.96. The van der Waals surface area contributed by atoms with E-state index in [0.717, 1.165) is 19.6 Å². The van der Waals surface area contributed by atoms with Gasteiger partial charge in [0.05, 0.1) is 0 Å². The van der Waals surface area contributed by atoms with Gasteiger partial charge >= 0.3 is 0 Å². The molecule has 18 heavy (non-hydrogen) atoms. The second kappa shape index (κ2) is 6.25. The lowest BCUT2D eigenvalue weighted by atomic mass is 9.93. The molecule has 1 aliphatic rings. The first-order valence-electron chi connectivity index (χ1n) is 6.47. The number of nitrogens with two attached hydrogens (primary N) is 1. The molecule has 2 rings (SSSR count). The predicted octanol–water partition coefficient (Wildman–Crippen LogP) is 3.55. The van der Waals surface area contributed by atoms with Gasteiger partial charge in [0.2, 0.25) is 0 Å². The third-order valence-corrected chi connectivity index (χ3v) is 4.19. The third-order valence-electron chi connectivity index (χ3n) is 3.75. The normalized spacial score (nSPS) is 25.3. The summed E-state index contributed by atoms with van der Waals surface area (Å²) in [7, 11) is 0. The average Bonchev–Trinajstić information content (AvgIpc) is 2.30. The molecule has 0 bridgehead atoms. The molecule has 2 nitrogen and oxygen atoms in total. The van der Waals surface area contributed by atoms with E-state index >= 15 is 0 Å². The Balaban J connectivity index is 2.06. The summed E-state index contributed by atoms with van der Waals surface area (Å²) in [6, 6.07) is 6.36. The molecule has 2 N–H and O–H groups in total. The van der Waals surface area contributed by atoms with Crippen molar-refractivity contribution in [2.45, 2.75) is 32.4 Å². The van der Waals surface area contributed by atoms with Gasteiger partial charge in [-0.2, -0.15) is 0 Å². The molecule has 0 spiro atoms. The van der Waals surface area contributed by atoms with E-state index in [0.29, 0.717) is 22.0 Å². The van der Waals surface area contributed by atoms with E-state index in [2.05, 4.69) is 11.8 Å². The van der Waals surface area contributed by atoms with Gasteiger partial charge in [0.25, 0.3) is 0 Å². The maximum absolute atomic E-state index is 6.04. The largest absolute Gasteiger partial charge is 0.330 e. The number of hydrogen-bond donors (Lipinski definition) is 1. The van der Waals surface area contributed by atoms with Crippen molar-refractivity contribution in [2.75, 3.05) is 13.1 Å². The van der Waals surface area contributed by atoms with Crippen molar-refractivity contribution in [1.82, 2.24) is 4.90 Å². The molecule has 1 fully saturated rings. The zero-order chi connectivity index (χ0) is 13.1. The van der Waals surface area contributed by atoms with Crippen molar-refractivity contribution < 1.29 is 0 Å². The highest BCUT2D eigenvalue weighted by molar-refractivity contribution is 6.34. The van der Waals surface area contributed by atoms with Crippen LogP contribution in [0.1, 0.15) is 25.3 Å². The smallest absolute Gasteiger partial charge is 0.0424 e. The van der Waals surface area contributed by atoms with Crippen LogP contribution in [0, 0.1) is 5.92 Å². The summed E-state index contributed by atoms with van der Waals surface area (Å²) in [6.07, 6.45) is 2.46. The molecule has 1 aromatic carbocycles. The topological polar surface area (TPSA) is 29.3 Å². The molecule has 0 aliphatic carbocycles. The van der Waals surface area contributed by atoms with Gasteiger partial charge in [-0.05, 0) is 56.0 Å². The molecule has 1 saturated heterocycles. The van der Waals surface area contributed by atoms with Crippen LogP contribution >= 0.6 is 23.2 Å². The Morgan fingerprint density at radius 1 is 1.22 bits per heavy atom. The molecule has 2 atom stereocenters. The minimum Gasteiger partial charge on any atom is -0.330 e. The van der Waals surface area contributed by atoms with Crippen LogP contribution in [0.15, 0.2) is 18.2 Å². The number of likely N-dealkylation sites (tertiary alicyclic amines) is 1. The van der Waals surface area contributed by atoms with Gasteiger partial charge in [-0.25, -0.2) is 0 Å². The van der Waals surface area contributed by atoms with Gasteiger partial charge in [0.1, 0.15) is 0 Å². The highest BCUT2D eigenvalue weighted by atomic mass is 35.5. The fraction of sp³-hybridized carbons (Fsp3) is 0.571. The Hall–Kier alpha value is -0.280. The average molecular weight is 287 g/mol. The lowest BCUT2D eigenvalue weighted by molar-refractivity contribution is 0.113. The summed E-state index contributed by atoms with van der Waals surface area (Å²) in [5, 5.41) is 1.41. The third kappa shape index (κ3) is 3.61. The van der Waals surface area contributed by atoms with Gasteiger partial charge in [0, 0.05) is 29.2 Å². The van der Waals surface area contributed by atoms with Crippen molar-refractivity contribution in [3.8, 4) is 0 Å². The van der Waals surface area contributed by atoms with Crippen molar-refractivity contribution in [3.05, 3.63) is 33.8 Å². The summed E-state index contributed by atoms with van der Waals surface area (Å²) in [4.78, 5) is 2.48. The molecule has 2 unspecified atom stereocenters. The molecule has 0 aromatic heterocycles. The Morgan fingerprint density at radius 2 is 1.89 bits per heavy atom. The highest BCUT2D eigenvalue weighted by Gasteiger charge is 2.24. The van der Waals surface area contributed by atoms with E-state index in [9.17, 15) is 0 Å².